The van der Waals surface area contributed by atoms with Crippen LogP contribution in [0.25, 0.3) is 49.9 Å². The number of benzene rings is 3. The highest BCUT2D eigenvalue weighted by Gasteiger charge is 2.44. The van der Waals surface area contributed by atoms with Crippen molar-refractivity contribution in [2.24, 2.45) is 11.1 Å². The van der Waals surface area contributed by atoms with E-state index in [2.05, 4.69) is 56.3 Å². The number of imidazole rings is 1. The summed E-state index contributed by atoms with van der Waals surface area (Å²) < 4.78 is 13.3. The molecule has 78 heavy (non-hydrogen) atoms. The summed E-state index contributed by atoms with van der Waals surface area (Å²) in [5.41, 5.74) is 23.6. The first-order valence-corrected chi connectivity index (χ1v) is 27.5. The minimum absolute atomic E-state index is 0.00855. The highest BCUT2D eigenvalue weighted by molar-refractivity contribution is 7.13. The summed E-state index contributed by atoms with van der Waals surface area (Å²) >= 11 is 1.57. The van der Waals surface area contributed by atoms with Gasteiger partial charge in [-0.25, -0.2) is 19.9 Å². The lowest BCUT2D eigenvalue weighted by molar-refractivity contribution is -0.144. The number of nitrogens with two attached hydrogens (primary N) is 2. The molecule has 0 unspecified atom stereocenters. The zero-order chi connectivity index (χ0) is 55.0. The summed E-state index contributed by atoms with van der Waals surface area (Å²) in [5.74, 6) is -0.328. The van der Waals surface area contributed by atoms with Gasteiger partial charge in [0.1, 0.15) is 23.4 Å². The number of anilines is 1. The van der Waals surface area contributed by atoms with Crippen LogP contribution in [-0.4, -0.2) is 116 Å². The third kappa shape index (κ3) is 13.1. The van der Waals surface area contributed by atoms with Crippen molar-refractivity contribution in [1.82, 2.24) is 45.4 Å². The molecule has 19 heteroatoms. The van der Waals surface area contributed by atoms with E-state index in [4.69, 9.17) is 30.9 Å². The van der Waals surface area contributed by atoms with Gasteiger partial charge in [-0.3, -0.25) is 23.7 Å². The Balaban J connectivity index is 0.691. The number of amides is 4. The Morgan fingerprint density at radius 1 is 0.846 bits per heavy atom. The number of aryl methyl sites for hydroxylation is 1. The number of β-amino-alcohol motifs (C(OH)–C–C–N with tert-alkyl or cyclic N) is 1. The number of rotatable bonds is 22. The van der Waals surface area contributed by atoms with E-state index in [0.717, 1.165) is 69.0 Å². The minimum Gasteiger partial charge on any atom is -0.391 e. The molecule has 3 aromatic carbocycles. The molecule has 1 saturated carbocycles. The number of ether oxygens (including phenoxy) is 2. The quantitative estimate of drug-likeness (QED) is 0.0383. The van der Waals surface area contributed by atoms with Gasteiger partial charge in [0.05, 0.1) is 59.9 Å². The number of nitrogens with zero attached hydrogens (tertiary/aromatic N) is 6. The molecule has 4 amide bonds. The van der Waals surface area contributed by atoms with Gasteiger partial charge in [-0.05, 0) is 103 Å². The summed E-state index contributed by atoms with van der Waals surface area (Å²) in [5, 5.41) is 19.4. The Labute approximate surface area is 458 Å². The lowest BCUT2D eigenvalue weighted by Crippen LogP contribution is -2.57. The predicted octanol–water partition coefficient (Wildman–Crippen LogP) is 6.78. The monoisotopic (exact) mass is 1080 g/mol. The van der Waals surface area contributed by atoms with E-state index in [1.807, 2.05) is 105 Å². The molecule has 5 heterocycles. The van der Waals surface area contributed by atoms with Crippen molar-refractivity contribution in [1.29, 1.82) is 0 Å². The normalized spacial score (nSPS) is 16.4. The third-order valence-electron chi connectivity index (χ3n) is 14.5. The number of nitrogens with one attached hydrogen (secondary N) is 3. The minimum atomic E-state index is -0.955. The van der Waals surface area contributed by atoms with Crippen LogP contribution >= 0.6 is 11.3 Å². The number of hydrogen-bond donors (Lipinski definition) is 6. The molecule has 18 nitrogen and oxygen atoms in total. The van der Waals surface area contributed by atoms with E-state index < -0.39 is 29.5 Å². The molecule has 0 bridgehead atoms. The molecule has 408 valence electrons. The first kappa shape index (κ1) is 55.3. The van der Waals surface area contributed by atoms with Crippen LogP contribution < -0.4 is 27.4 Å². The van der Waals surface area contributed by atoms with Crippen LogP contribution in [0.15, 0.2) is 109 Å². The number of aliphatic hydroxyl groups is 1. The van der Waals surface area contributed by atoms with Crippen molar-refractivity contribution in [3.8, 4) is 38.8 Å². The van der Waals surface area contributed by atoms with Crippen molar-refractivity contribution >= 4 is 51.9 Å². The Morgan fingerprint density at radius 3 is 2.27 bits per heavy atom. The van der Waals surface area contributed by atoms with E-state index in [9.17, 15) is 24.3 Å². The van der Waals surface area contributed by atoms with Crippen LogP contribution in [0.5, 0.6) is 0 Å². The molecular weight excluding hydrogens is 1010 g/mol. The number of aliphatic hydroxyl groups excluding tert-OH is 1. The second kappa shape index (κ2) is 24.5. The molecule has 7 aromatic rings. The molecule has 1 aliphatic heterocycles. The van der Waals surface area contributed by atoms with Crippen molar-refractivity contribution in [3.63, 3.8) is 0 Å². The van der Waals surface area contributed by atoms with E-state index in [-0.39, 0.29) is 82.0 Å². The fourth-order valence-electron chi connectivity index (χ4n) is 9.92. The summed E-state index contributed by atoms with van der Waals surface area (Å²) in [6.45, 7) is 8.86. The predicted molar refractivity (Wildman–Crippen MR) is 301 cm³/mol. The van der Waals surface area contributed by atoms with Crippen molar-refractivity contribution in [3.05, 3.63) is 131 Å². The van der Waals surface area contributed by atoms with Gasteiger partial charge in [-0.2, -0.15) is 0 Å². The summed E-state index contributed by atoms with van der Waals surface area (Å²) in [4.78, 5) is 74.6. The smallest absolute Gasteiger partial charge is 0.246 e. The van der Waals surface area contributed by atoms with Gasteiger partial charge >= 0.3 is 0 Å². The lowest BCUT2D eigenvalue weighted by atomic mass is 9.73. The van der Waals surface area contributed by atoms with Gasteiger partial charge in [0.25, 0.3) is 0 Å². The molecule has 1 saturated heterocycles. The molecule has 0 radical (unpaired) electrons. The van der Waals surface area contributed by atoms with E-state index in [0.29, 0.717) is 41.3 Å². The standard InChI is InChI=1S/C59H69N11O7S/c1-37-51(78-36-65-37)40-13-11-39(12-14-40)34-64-56(74)48-33-44(71)35-69(48)57(75)52(58(2,3)4)68-50(73)23-29-77-31-30-76-28-22-49(72)62-27-21-38-8-5-9-41(32-38)46-19-20-47-55(66-46)70(54(67-47)45-10-6-26-63-53(45)60)43-17-15-42(16-18-43)59(61)24-7-25-59/h5-6,8-20,26,32,36,44,48,52,71H,7,21-25,27-31,33-35,61H2,1-4H3,(H2,60,63)(H,62,72)(H,64,74)(H,68,73)/t44-,48+,52-/m1/s1. The molecule has 4 aromatic heterocycles. The maximum absolute atomic E-state index is 14.0. The van der Waals surface area contributed by atoms with Crippen LogP contribution in [0.3, 0.4) is 0 Å². The number of fused-ring (bicyclic) bond motifs is 1. The molecule has 2 fully saturated rings. The van der Waals surface area contributed by atoms with Gasteiger partial charge in [0, 0.05) is 61.9 Å². The summed E-state index contributed by atoms with van der Waals surface area (Å²) in [7, 11) is 0. The average Bonchev–Trinajstić information content (AvgIpc) is 4.22. The lowest BCUT2D eigenvalue weighted by Gasteiger charge is -2.38. The van der Waals surface area contributed by atoms with Crippen molar-refractivity contribution in [2.45, 2.75) is 103 Å². The largest absolute Gasteiger partial charge is 0.391 e. The third-order valence-corrected chi connectivity index (χ3v) is 15.5. The first-order chi connectivity index (χ1) is 37.5. The Bertz CT molecular complexity index is 3240. The maximum Gasteiger partial charge on any atom is 0.246 e. The topological polar surface area (TPSA) is 255 Å². The number of carbonyl (C=O) groups is 4. The number of thiazole rings is 1. The van der Waals surface area contributed by atoms with Crippen molar-refractivity contribution < 1.29 is 33.8 Å². The van der Waals surface area contributed by atoms with Crippen LogP contribution in [0, 0.1) is 12.3 Å². The maximum atomic E-state index is 14.0. The number of aromatic nitrogens is 5. The van der Waals surface area contributed by atoms with Crippen LogP contribution in [0.4, 0.5) is 5.82 Å². The second-order valence-corrected chi connectivity index (χ2v) is 22.1. The Kier molecular flexibility index (Phi) is 17.4. The molecular formula is C59H69N11O7S. The van der Waals surface area contributed by atoms with Crippen LogP contribution in [0.1, 0.15) is 81.7 Å². The Hall–Kier alpha value is -7.42. The number of pyridine rings is 2. The Morgan fingerprint density at radius 2 is 1.59 bits per heavy atom. The number of likely N-dealkylation sites (tertiary alicyclic amines) is 1. The molecule has 2 aliphatic rings. The van der Waals surface area contributed by atoms with Gasteiger partial charge in [0.15, 0.2) is 11.5 Å². The fraction of sp³-hybridized carbons (Fsp3) is 0.390. The van der Waals surface area contributed by atoms with Gasteiger partial charge in [-0.15, -0.1) is 11.3 Å². The first-order valence-electron chi connectivity index (χ1n) is 26.6. The van der Waals surface area contributed by atoms with E-state index in [1.165, 1.54) is 4.90 Å². The number of nitrogen functional groups attached to an aromatic ring is 1. The molecule has 1 aliphatic carbocycles. The SMILES string of the molecule is Cc1ncsc1-c1ccc(CNC(=O)[C@@H]2C[C@@H](O)CN2C(=O)[C@@H](NC(=O)CCOCCOCCC(=O)NCCc2cccc(-c3ccc4nc(-c5cccnc5N)n(-c5ccc(C6(N)CCC6)cc5)c4n3)c2)C(C)(C)C)cc1. The fourth-order valence-corrected chi connectivity index (χ4v) is 10.7. The summed E-state index contributed by atoms with van der Waals surface area (Å²) in [6.07, 6.45) is 4.71. The highest BCUT2D eigenvalue weighted by atomic mass is 32.1. The molecule has 0 spiro atoms. The highest BCUT2D eigenvalue weighted by Crippen LogP contribution is 2.40. The average molecular weight is 1080 g/mol. The number of hydrogen-bond acceptors (Lipinski definition) is 14. The van der Waals surface area contributed by atoms with Crippen LogP contribution in [0.2, 0.25) is 0 Å². The zero-order valence-electron chi connectivity index (χ0n) is 44.7. The van der Waals surface area contributed by atoms with E-state index >= 15 is 0 Å². The molecule has 8 N–H and O–H groups in total. The van der Waals surface area contributed by atoms with Gasteiger partial charge in [0.2, 0.25) is 23.6 Å². The van der Waals surface area contributed by atoms with Gasteiger partial charge in [-0.1, -0.05) is 75.4 Å². The van der Waals surface area contributed by atoms with Gasteiger partial charge < -0.3 is 46.9 Å². The molecule has 3 atom stereocenters. The number of carbonyl (C=O) groups excluding carboxylic acids is 4. The zero-order valence-corrected chi connectivity index (χ0v) is 45.5. The molecule has 9 rings (SSSR count). The van der Waals surface area contributed by atoms with E-state index in [1.54, 1.807) is 17.5 Å². The van der Waals surface area contributed by atoms with Crippen LogP contribution in [-0.2, 0) is 47.2 Å². The van der Waals surface area contributed by atoms with Crippen molar-refractivity contribution in [2.75, 3.05) is 45.3 Å². The second-order valence-electron chi connectivity index (χ2n) is 21.3. The summed E-state index contributed by atoms with van der Waals surface area (Å²) in [6, 6.07) is 30.1.